The van der Waals surface area contributed by atoms with E-state index >= 15 is 0 Å². The minimum absolute atomic E-state index is 0.172. The van der Waals surface area contributed by atoms with Crippen molar-refractivity contribution in [2.75, 3.05) is 11.9 Å². The lowest BCUT2D eigenvalue weighted by molar-refractivity contribution is -0.137. The van der Waals surface area contributed by atoms with Crippen LogP contribution in [0.15, 0.2) is 47.4 Å². The molecular formula is C14H12ClF3N2O. The Hall–Kier alpha value is -1.95. The summed E-state index contributed by atoms with van der Waals surface area (Å²) in [4.78, 5) is 11.5. The number of nitrogens with zero attached hydrogens (tertiary/aromatic N) is 1. The summed E-state index contributed by atoms with van der Waals surface area (Å²) in [5.74, 6) is 0. The molecule has 21 heavy (non-hydrogen) atoms. The van der Waals surface area contributed by atoms with E-state index in [9.17, 15) is 18.0 Å². The standard InChI is InChI=1S/C14H12ClF3N2O/c15-11-5-4-10(14(16,17)18)9-12(11)19-6-8-20-7-2-1-3-13(20)21/h1-5,7,9,19H,6,8H2. The van der Waals surface area contributed by atoms with Gasteiger partial charge < -0.3 is 9.88 Å². The highest BCUT2D eigenvalue weighted by atomic mass is 35.5. The third kappa shape index (κ3) is 4.01. The molecule has 1 aromatic heterocycles. The Bertz CT molecular complexity index is 682. The molecule has 3 nitrogen and oxygen atoms in total. The SMILES string of the molecule is O=c1ccccn1CCNc1cc(C(F)(F)F)ccc1Cl. The first kappa shape index (κ1) is 15.4. The number of hydrogen-bond acceptors (Lipinski definition) is 2. The summed E-state index contributed by atoms with van der Waals surface area (Å²) in [7, 11) is 0. The van der Waals surface area contributed by atoms with Crippen LogP contribution in [0.25, 0.3) is 0 Å². The number of rotatable bonds is 4. The van der Waals surface area contributed by atoms with E-state index in [1.807, 2.05) is 0 Å². The molecule has 2 aromatic rings. The van der Waals surface area contributed by atoms with E-state index in [2.05, 4.69) is 5.32 Å². The van der Waals surface area contributed by atoms with E-state index in [0.717, 1.165) is 12.1 Å². The first-order chi connectivity index (χ1) is 9.88. The molecule has 2 rings (SSSR count). The molecule has 0 aliphatic rings. The van der Waals surface area contributed by atoms with Crippen LogP contribution in [0.5, 0.6) is 0 Å². The van der Waals surface area contributed by atoms with Crippen molar-refractivity contribution >= 4 is 17.3 Å². The molecule has 0 saturated heterocycles. The van der Waals surface area contributed by atoms with E-state index in [1.54, 1.807) is 18.3 Å². The van der Waals surface area contributed by atoms with Crippen LogP contribution in [0.1, 0.15) is 5.56 Å². The number of hydrogen-bond donors (Lipinski definition) is 1. The fraction of sp³-hybridized carbons (Fsp3) is 0.214. The Morgan fingerprint density at radius 3 is 2.62 bits per heavy atom. The molecule has 0 aliphatic carbocycles. The average Bonchev–Trinajstić information content (AvgIpc) is 2.41. The molecular weight excluding hydrogens is 305 g/mol. The van der Waals surface area contributed by atoms with Crippen molar-refractivity contribution in [1.29, 1.82) is 0 Å². The summed E-state index contributed by atoms with van der Waals surface area (Å²) in [6.07, 6.45) is -2.81. The van der Waals surface area contributed by atoms with Gasteiger partial charge in [-0.2, -0.15) is 13.2 Å². The van der Waals surface area contributed by atoms with Crippen molar-refractivity contribution in [3.05, 3.63) is 63.5 Å². The predicted octanol–water partition coefficient (Wildman–Crippen LogP) is 3.63. The quantitative estimate of drug-likeness (QED) is 0.934. The summed E-state index contributed by atoms with van der Waals surface area (Å²) in [6.45, 7) is 0.608. The van der Waals surface area contributed by atoms with E-state index in [1.165, 1.54) is 16.7 Å². The largest absolute Gasteiger partial charge is 0.416 e. The number of nitrogens with one attached hydrogen (secondary N) is 1. The van der Waals surface area contributed by atoms with Gasteiger partial charge >= 0.3 is 6.18 Å². The van der Waals surface area contributed by atoms with Crippen LogP contribution in [-0.2, 0) is 12.7 Å². The smallest absolute Gasteiger partial charge is 0.382 e. The van der Waals surface area contributed by atoms with Gasteiger partial charge in [0.05, 0.1) is 16.3 Å². The molecule has 0 spiro atoms. The molecule has 0 atom stereocenters. The Morgan fingerprint density at radius 2 is 1.95 bits per heavy atom. The summed E-state index contributed by atoms with van der Waals surface area (Å²) in [5, 5.41) is 3.01. The zero-order valence-electron chi connectivity index (χ0n) is 10.8. The van der Waals surface area contributed by atoms with Gasteiger partial charge in [0.2, 0.25) is 0 Å². The zero-order chi connectivity index (χ0) is 15.5. The van der Waals surface area contributed by atoms with Gasteiger partial charge in [-0.1, -0.05) is 17.7 Å². The summed E-state index contributed by atoms with van der Waals surface area (Å²) < 4.78 is 39.3. The van der Waals surface area contributed by atoms with Crippen molar-refractivity contribution < 1.29 is 13.2 Å². The van der Waals surface area contributed by atoms with E-state index < -0.39 is 11.7 Å². The minimum Gasteiger partial charge on any atom is -0.382 e. The second-order valence-corrected chi connectivity index (χ2v) is 4.76. The zero-order valence-corrected chi connectivity index (χ0v) is 11.6. The molecule has 1 heterocycles. The summed E-state index contributed by atoms with van der Waals surface area (Å²) in [5.41, 5.74) is -0.754. The molecule has 1 aromatic carbocycles. The molecule has 0 radical (unpaired) electrons. The fourth-order valence-electron chi connectivity index (χ4n) is 1.79. The van der Waals surface area contributed by atoms with Crippen LogP contribution in [0.3, 0.4) is 0 Å². The van der Waals surface area contributed by atoms with Crippen LogP contribution < -0.4 is 10.9 Å². The minimum atomic E-state index is -4.42. The number of alkyl halides is 3. The Morgan fingerprint density at radius 1 is 1.19 bits per heavy atom. The highest BCUT2D eigenvalue weighted by molar-refractivity contribution is 6.33. The van der Waals surface area contributed by atoms with E-state index in [-0.39, 0.29) is 22.8 Å². The molecule has 0 aliphatic heterocycles. The van der Waals surface area contributed by atoms with Crippen molar-refractivity contribution in [3.8, 4) is 0 Å². The molecule has 7 heteroatoms. The molecule has 0 bridgehead atoms. The van der Waals surface area contributed by atoms with Crippen molar-refractivity contribution in [2.24, 2.45) is 0 Å². The maximum absolute atomic E-state index is 12.6. The van der Waals surface area contributed by atoms with Crippen molar-refractivity contribution in [2.45, 2.75) is 12.7 Å². The maximum atomic E-state index is 12.6. The molecule has 112 valence electrons. The number of aromatic nitrogens is 1. The van der Waals surface area contributed by atoms with Crippen LogP contribution in [0.4, 0.5) is 18.9 Å². The number of benzene rings is 1. The number of pyridine rings is 1. The third-order valence-corrected chi connectivity index (χ3v) is 3.19. The van der Waals surface area contributed by atoms with Crippen LogP contribution >= 0.6 is 11.6 Å². The van der Waals surface area contributed by atoms with Crippen LogP contribution in [-0.4, -0.2) is 11.1 Å². The highest BCUT2D eigenvalue weighted by Crippen LogP contribution is 2.33. The summed E-state index contributed by atoms with van der Waals surface area (Å²) >= 11 is 5.86. The third-order valence-electron chi connectivity index (χ3n) is 2.86. The fourth-order valence-corrected chi connectivity index (χ4v) is 1.98. The first-order valence-corrected chi connectivity index (χ1v) is 6.52. The van der Waals surface area contributed by atoms with Gasteiger partial charge in [0.1, 0.15) is 0 Å². The molecule has 0 amide bonds. The van der Waals surface area contributed by atoms with Gasteiger partial charge in [-0.25, -0.2) is 0 Å². The molecule has 0 saturated carbocycles. The normalized spacial score (nSPS) is 11.4. The predicted molar refractivity (Wildman–Crippen MR) is 75.6 cm³/mol. The van der Waals surface area contributed by atoms with Gasteiger partial charge in [-0.15, -0.1) is 0 Å². The Labute approximate surface area is 124 Å². The highest BCUT2D eigenvalue weighted by Gasteiger charge is 2.30. The van der Waals surface area contributed by atoms with Crippen LogP contribution in [0, 0.1) is 0 Å². The first-order valence-electron chi connectivity index (χ1n) is 6.14. The average molecular weight is 317 g/mol. The van der Waals surface area contributed by atoms with Crippen LogP contribution in [0.2, 0.25) is 5.02 Å². The lowest BCUT2D eigenvalue weighted by Crippen LogP contribution is -2.22. The Balaban J connectivity index is 2.07. The number of anilines is 1. The molecule has 0 fully saturated rings. The summed E-state index contributed by atoms with van der Waals surface area (Å²) in [6, 6.07) is 7.82. The van der Waals surface area contributed by atoms with Crippen molar-refractivity contribution in [1.82, 2.24) is 4.57 Å². The second kappa shape index (κ2) is 6.22. The van der Waals surface area contributed by atoms with Gasteiger partial charge in [0, 0.05) is 25.4 Å². The van der Waals surface area contributed by atoms with E-state index in [4.69, 9.17) is 11.6 Å². The van der Waals surface area contributed by atoms with Gasteiger partial charge in [0.15, 0.2) is 0 Å². The lowest BCUT2D eigenvalue weighted by Gasteiger charge is -2.13. The van der Waals surface area contributed by atoms with Gasteiger partial charge in [-0.3, -0.25) is 4.79 Å². The maximum Gasteiger partial charge on any atom is 0.416 e. The Kier molecular flexibility index (Phi) is 4.57. The monoisotopic (exact) mass is 316 g/mol. The van der Waals surface area contributed by atoms with E-state index in [0.29, 0.717) is 6.54 Å². The number of halogens is 4. The lowest BCUT2D eigenvalue weighted by atomic mass is 10.2. The second-order valence-electron chi connectivity index (χ2n) is 4.35. The molecule has 0 unspecified atom stereocenters. The van der Waals surface area contributed by atoms with Crippen molar-refractivity contribution in [3.63, 3.8) is 0 Å². The van der Waals surface area contributed by atoms with Gasteiger partial charge in [-0.05, 0) is 24.3 Å². The van der Waals surface area contributed by atoms with Gasteiger partial charge in [0.25, 0.3) is 5.56 Å². The molecule has 1 N–H and O–H groups in total. The topological polar surface area (TPSA) is 34.0 Å².